The molecule has 0 unspecified atom stereocenters. The van der Waals surface area contributed by atoms with Crippen LogP contribution in [0.25, 0.3) is 6.08 Å². The van der Waals surface area contributed by atoms with Crippen LogP contribution in [-0.4, -0.2) is 24.3 Å². The van der Waals surface area contributed by atoms with Gasteiger partial charge in [0.2, 0.25) is 0 Å². The Morgan fingerprint density at radius 1 is 1.24 bits per heavy atom. The summed E-state index contributed by atoms with van der Waals surface area (Å²) in [6, 6.07) is 5.42. The average Bonchev–Trinajstić information content (AvgIpc) is 2.37. The summed E-state index contributed by atoms with van der Waals surface area (Å²) < 4.78 is 11.3. The van der Waals surface area contributed by atoms with Crippen LogP contribution < -0.4 is 9.47 Å². The fourth-order valence-corrected chi connectivity index (χ4v) is 1.65. The Hall–Kier alpha value is -1.97. The lowest BCUT2D eigenvalue weighted by Crippen LogP contribution is -2.11. The van der Waals surface area contributed by atoms with Crippen LogP contribution in [0.3, 0.4) is 0 Å². The molecule has 1 N–H and O–H groups in total. The maximum atomic E-state index is 10.5. The molecule has 0 saturated heterocycles. The van der Waals surface area contributed by atoms with E-state index in [1.54, 1.807) is 6.07 Å². The Labute approximate surface area is 126 Å². The first-order valence-corrected chi connectivity index (χ1v) is 7.12. The van der Waals surface area contributed by atoms with Crippen LogP contribution in [0.5, 0.6) is 11.5 Å². The molecule has 0 atom stereocenters. The summed E-state index contributed by atoms with van der Waals surface area (Å²) in [5.41, 5.74) is 0.986. The molecule has 0 spiro atoms. The maximum absolute atomic E-state index is 10.5. The van der Waals surface area contributed by atoms with Gasteiger partial charge in [-0.05, 0) is 42.5 Å². The predicted octanol–water partition coefficient (Wildman–Crippen LogP) is 4.00. The van der Waals surface area contributed by atoms with Crippen LogP contribution in [0.15, 0.2) is 24.3 Å². The highest BCUT2D eigenvalue weighted by Crippen LogP contribution is 2.30. The Balaban J connectivity index is 2.81. The van der Waals surface area contributed by atoms with Gasteiger partial charge in [-0.2, -0.15) is 0 Å². The Morgan fingerprint density at radius 2 is 1.95 bits per heavy atom. The normalized spacial score (nSPS) is 11.6. The summed E-state index contributed by atoms with van der Waals surface area (Å²) in [7, 11) is 0. The number of carbonyl (C=O) groups is 1. The fraction of sp³-hybridized carbons (Fsp3) is 0.471. The zero-order valence-corrected chi connectivity index (χ0v) is 13.2. The summed E-state index contributed by atoms with van der Waals surface area (Å²) in [6.45, 7) is 9.55. The van der Waals surface area contributed by atoms with E-state index >= 15 is 0 Å². The molecule has 0 radical (unpaired) electrons. The first-order chi connectivity index (χ1) is 9.81. The van der Waals surface area contributed by atoms with E-state index in [4.69, 9.17) is 14.6 Å². The molecule has 1 aromatic carbocycles. The van der Waals surface area contributed by atoms with Crippen molar-refractivity contribution < 1.29 is 19.4 Å². The summed E-state index contributed by atoms with van der Waals surface area (Å²) in [6.07, 6.45) is 3.58. The molecule has 0 aliphatic carbocycles. The molecule has 4 heteroatoms. The molecule has 0 amide bonds. The van der Waals surface area contributed by atoms with E-state index in [-0.39, 0.29) is 5.41 Å². The predicted molar refractivity (Wildman–Crippen MR) is 83.8 cm³/mol. The number of benzene rings is 1. The fourth-order valence-electron chi connectivity index (χ4n) is 1.65. The molecule has 0 aromatic heterocycles. The van der Waals surface area contributed by atoms with Gasteiger partial charge in [-0.25, -0.2) is 4.79 Å². The number of hydrogen-bond acceptors (Lipinski definition) is 3. The van der Waals surface area contributed by atoms with Gasteiger partial charge in [-0.3, -0.25) is 0 Å². The van der Waals surface area contributed by atoms with Crippen molar-refractivity contribution in [2.75, 3.05) is 13.2 Å². The maximum Gasteiger partial charge on any atom is 0.328 e. The number of rotatable bonds is 7. The van der Waals surface area contributed by atoms with Crippen molar-refractivity contribution in [3.63, 3.8) is 0 Å². The first-order valence-electron chi connectivity index (χ1n) is 7.12. The van der Waals surface area contributed by atoms with E-state index in [1.807, 2.05) is 19.1 Å². The zero-order chi connectivity index (χ0) is 15.9. The molecule has 4 nitrogen and oxygen atoms in total. The highest BCUT2D eigenvalue weighted by molar-refractivity contribution is 5.85. The lowest BCUT2D eigenvalue weighted by Gasteiger charge is -2.19. The quantitative estimate of drug-likeness (QED) is 0.772. The lowest BCUT2D eigenvalue weighted by atomic mass is 9.93. The molecule has 0 saturated carbocycles. The zero-order valence-electron chi connectivity index (χ0n) is 13.2. The monoisotopic (exact) mass is 292 g/mol. The Morgan fingerprint density at radius 3 is 2.52 bits per heavy atom. The number of carboxylic acids is 1. The van der Waals surface area contributed by atoms with Crippen LogP contribution in [-0.2, 0) is 4.79 Å². The van der Waals surface area contributed by atoms with Gasteiger partial charge in [0, 0.05) is 6.08 Å². The molecule has 116 valence electrons. The molecule has 0 fully saturated rings. The molecule has 21 heavy (non-hydrogen) atoms. The van der Waals surface area contributed by atoms with Crippen molar-refractivity contribution in [1.82, 2.24) is 0 Å². The van der Waals surface area contributed by atoms with Crippen molar-refractivity contribution in [1.29, 1.82) is 0 Å². The van der Waals surface area contributed by atoms with Crippen molar-refractivity contribution >= 4 is 12.0 Å². The van der Waals surface area contributed by atoms with Gasteiger partial charge < -0.3 is 14.6 Å². The molecule has 0 aliphatic rings. The SMILES string of the molecule is CCOc1cc(C=CC(=O)O)ccc1OCCC(C)(C)C. The summed E-state index contributed by atoms with van der Waals surface area (Å²) in [5.74, 6) is 0.353. The Kier molecular flexibility index (Phi) is 6.28. The van der Waals surface area contributed by atoms with Crippen LogP contribution in [0, 0.1) is 5.41 Å². The summed E-state index contributed by atoms with van der Waals surface area (Å²) in [5, 5.41) is 8.65. The van der Waals surface area contributed by atoms with Crippen molar-refractivity contribution in [3.05, 3.63) is 29.8 Å². The second-order valence-electron chi connectivity index (χ2n) is 5.97. The highest BCUT2D eigenvalue weighted by atomic mass is 16.5. The summed E-state index contributed by atoms with van der Waals surface area (Å²) in [4.78, 5) is 10.5. The van der Waals surface area contributed by atoms with Gasteiger partial charge >= 0.3 is 5.97 Å². The number of carboxylic acid groups (broad SMARTS) is 1. The smallest absolute Gasteiger partial charge is 0.328 e. The van der Waals surface area contributed by atoms with Gasteiger partial charge in [0.15, 0.2) is 11.5 Å². The van der Waals surface area contributed by atoms with E-state index in [0.717, 1.165) is 18.1 Å². The van der Waals surface area contributed by atoms with Crippen molar-refractivity contribution in [2.45, 2.75) is 34.1 Å². The molecule has 0 aliphatic heterocycles. The van der Waals surface area contributed by atoms with E-state index in [0.29, 0.717) is 24.7 Å². The van der Waals surface area contributed by atoms with Gasteiger partial charge in [-0.15, -0.1) is 0 Å². The average molecular weight is 292 g/mol. The largest absolute Gasteiger partial charge is 0.490 e. The van der Waals surface area contributed by atoms with Crippen LogP contribution >= 0.6 is 0 Å². The number of ether oxygens (including phenoxy) is 2. The minimum Gasteiger partial charge on any atom is -0.490 e. The summed E-state index contributed by atoms with van der Waals surface area (Å²) >= 11 is 0. The number of aliphatic carboxylic acids is 1. The standard InChI is InChI=1S/C17H24O4/c1-5-20-15-12-13(7-9-16(18)19)6-8-14(15)21-11-10-17(2,3)4/h6-9,12H,5,10-11H2,1-4H3,(H,18,19). The molecule has 1 aromatic rings. The van der Waals surface area contributed by atoms with E-state index in [1.165, 1.54) is 6.08 Å². The molecular weight excluding hydrogens is 268 g/mol. The van der Waals surface area contributed by atoms with E-state index < -0.39 is 5.97 Å². The lowest BCUT2D eigenvalue weighted by molar-refractivity contribution is -0.131. The molecular formula is C17H24O4. The van der Waals surface area contributed by atoms with Gasteiger partial charge in [-0.1, -0.05) is 26.8 Å². The van der Waals surface area contributed by atoms with Gasteiger partial charge in [0.05, 0.1) is 13.2 Å². The van der Waals surface area contributed by atoms with Crippen molar-refractivity contribution in [2.24, 2.45) is 5.41 Å². The third-order valence-corrected chi connectivity index (χ3v) is 2.80. The van der Waals surface area contributed by atoms with Gasteiger partial charge in [0.25, 0.3) is 0 Å². The van der Waals surface area contributed by atoms with Crippen LogP contribution in [0.4, 0.5) is 0 Å². The molecule has 0 heterocycles. The molecule has 1 rings (SSSR count). The highest BCUT2D eigenvalue weighted by Gasteiger charge is 2.11. The minimum absolute atomic E-state index is 0.218. The van der Waals surface area contributed by atoms with Crippen LogP contribution in [0.1, 0.15) is 39.7 Å². The third-order valence-electron chi connectivity index (χ3n) is 2.80. The van der Waals surface area contributed by atoms with Crippen LogP contribution in [0.2, 0.25) is 0 Å². The van der Waals surface area contributed by atoms with E-state index in [2.05, 4.69) is 20.8 Å². The second-order valence-corrected chi connectivity index (χ2v) is 5.97. The third kappa shape index (κ3) is 6.84. The van der Waals surface area contributed by atoms with Gasteiger partial charge in [0.1, 0.15) is 0 Å². The minimum atomic E-state index is -0.974. The number of hydrogen-bond donors (Lipinski definition) is 1. The second kappa shape index (κ2) is 7.72. The first kappa shape index (κ1) is 17.1. The Bertz CT molecular complexity index is 498. The van der Waals surface area contributed by atoms with E-state index in [9.17, 15) is 4.79 Å². The molecule has 0 bridgehead atoms. The topological polar surface area (TPSA) is 55.8 Å². The van der Waals surface area contributed by atoms with Crippen molar-refractivity contribution in [3.8, 4) is 11.5 Å².